The third-order valence-corrected chi connectivity index (χ3v) is 7.52. The van der Waals surface area contributed by atoms with Gasteiger partial charge in [0.05, 0.1) is 17.8 Å². The summed E-state index contributed by atoms with van der Waals surface area (Å²) >= 11 is 0. The molecule has 0 aliphatic carbocycles. The Morgan fingerprint density at radius 3 is 2.56 bits per heavy atom. The summed E-state index contributed by atoms with van der Waals surface area (Å²) in [7, 11) is 2.01. The number of hydrogen-bond donors (Lipinski definition) is 2. The molecule has 0 bridgehead atoms. The number of alkyl halides is 2. The number of aromatic amines is 1. The molecule has 194 valence electrons. The van der Waals surface area contributed by atoms with Crippen LogP contribution in [0.2, 0.25) is 0 Å². The fraction of sp³-hybridized carbons (Fsp3) is 0.519. The molecule has 1 saturated heterocycles. The van der Waals surface area contributed by atoms with Crippen LogP contribution in [0.4, 0.5) is 23.2 Å². The normalized spacial score (nSPS) is 22.1. The highest BCUT2D eigenvalue weighted by Gasteiger charge is 2.39. The van der Waals surface area contributed by atoms with E-state index in [1.165, 1.54) is 12.1 Å². The third-order valence-electron chi connectivity index (χ3n) is 7.52. The van der Waals surface area contributed by atoms with Crippen molar-refractivity contribution in [3.05, 3.63) is 58.8 Å². The molecule has 0 radical (unpaired) electrons. The molecule has 2 N–H and O–H groups in total. The maximum absolute atomic E-state index is 15.7. The van der Waals surface area contributed by atoms with Gasteiger partial charge in [-0.05, 0) is 48.7 Å². The van der Waals surface area contributed by atoms with Crippen LogP contribution in [-0.2, 0) is 6.54 Å². The van der Waals surface area contributed by atoms with E-state index < -0.39 is 30.4 Å². The molecule has 2 aliphatic rings. The van der Waals surface area contributed by atoms with Crippen LogP contribution < -0.4 is 5.32 Å². The highest BCUT2D eigenvalue weighted by molar-refractivity contribution is 5.83. The van der Waals surface area contributed by atoms with Gasteiger partial charge in [-0.25, -0.2) is 17.6 Å². The number of fused-ring (bicyclic) bond motifs is 3. The Morgan fingerprint density at radius 2 is 1.89 bits per heavy atom. The Hall–Kier alpha value is -2.65. The molecule has 3 atom stereocenters. The fourth-order valence-corrected chi connectivity index (χ4v) is 5.88. The zero-order chi connectivity index (χ0) is 25.6. The number of benzene rings is 2. The van der Waals surface area contributed by atoms with Crippen molar-refractivity contribution in [2.75, 3.05) is 38.7 Å². The molecule has 3 heterocycles. The number of likely N-dealkylation sites (tertiary alicyclic amines) is 1. The molecule has 1 fully saturated rings. The lowest BCUT2D eigenvalue weighted by Gasteiger charge is -2.42. The second-order valence-electron chi connectivity index (χ2n) is 10.7. The molecule has 1 unspecified atom stereocenters. The standard InChI is InChI=1S/C27H33F4N5/c1-15(2)6-25-26(19-4-5-24-20(10-32-34-24)21(19)14-35(25)3)27-22(30)7-17(8-23(27)31)33-18-12-36(13-18)11-16(29)9-28/h4-5,7-8,10,15-16,18,25-26,33H,6,9,11-14H2,1-3H3,(H,32,34)/t16?,25-,26+/m0/s1. The van der Waals surface area contributed by atoms with Crippen LogP contribution in [0.15, 0.2) is 30.5 Å². The van der Waals surface area contributed by atoms with Crippen LogP contribution in [0, 0.1) is 17.6 Å². The Bertz CT molecular complexity index is 1200. The molecule has 1 aromatic heterocycles. The lowest BCUT2D eigenvalue weighted by molar-refractivity contribution is 0.105. The van der Waals surface area contributed by atoms with Crippen molar-refractivity contribution in [3.63, 3.8) is 0 Å². The quantitative estimate of drug-likeness (QED) is 0.413. The van der Waals surface area contributed by atoms with Gasteiger partial charge in [0, 0.05) is 54.8 Å². The molecule has 5 nitrogen and oxygen atoms in total. The van der Waals surface area contributed by atoms with Crippen molar-refractivity contribution in [2.24, 2.45) is 5.92 Å². The summed E-state index contributed by atoms with van der Waals surface area (Å²) in [4.78, 5) is 3.98. The van der Waals surface area contributed by atoms with E-state index in [1.807, 2.05) is 19.2 Å². The number of hydrogen-bond acceptors (Lipinski definition) is 4. The Balaban J connectivity index is 1.46. The molecule has 9 heteroatoms. The highest BCUT2D eigenvalue weighted by atomic mass is 19.2. The van der Waals surface area contributed by atoms with E-state index in [2.05, 4.69) is 34.3 Å². The lowest BCUT2D eigenvalue weighted by Crippen LogP contribution is -2.56. The molecular formula is C27H33F4N5. The number of aromatic nitrogens is 2. The molecule has 2 aliphatic heterocycles. The predicted molar refractivity (Wildman–Crippen MR) is 134 cm³/mol. The minimum atomic E-state index is -1.50. The molecule has 0 amide bonds. The van der Waals surface area contributed by atoms with Crippen LogP contribution in [0.25, 0.3) is 10.9 Å². The number of H-pyrrole nitrogens is 1. The third kappa shape index (κ3) is 4.70. The summed E-state index contributed by atoms with van der Waals surface area (Å²) in [6.07, 6.45) is 1.08. The number of rotatable bonds is 8. The number of halogens is 4. The van der Waals surface area contributed by atoms with Gasteiger partial charge in [-0.1, -0.05) is 19.9 Å². The van der Waals surface area contributed by atoms with Gasteiger partial charge in [0.25, 0.3) is 0 Å². The summed E-state index contributed by atoms with van der Waals surface area (Å²) in [5.41, 5.74) is 3.33. The van der Waals surface area contributed by atoms with E-state index >= 15 is 8.78 Å². The van der Waals surface area contributed by atoms with Gasteiger partial charge in [0.2, 0.25) is 0 Å². The molecule has 0 spiro atoms. The van der Waals surface area contributed by atoms with E-state index in [1.54, 1.807) is 11.1 Å². The van der Waals surface area contributed by atoms with Gasteiger partial charge in [-0.2, -0.15) is 5.10 Å². The van der Waals surface area contributed by atoms with Gasteiger partial charge in [0.1, 0.15) is 24.5 Å². The smallest absolute Gasteiger partial charge is 0.141 e. The first-order valence-corrected chi connectivity index (χ1v) is 12.6. The van der Waals surface area contributed by atoms with Crippen molar-refractivity contribution in [1.82, 2.24) is 20.0 Å². The first-order chi connectivity index (χ1) is 17.2. The van der Waals surface area contributed by atoms with E-state index in [-0.39, 0.29) is 24.2 Å². The second-order valence-corrected chi connectivity index (χ2v) is 10.7. The van der Waals surface area contributed by atoms with E-state index in [4.69, 9.17) is 0 Å². The Kier molecular flexibility index (Phi) is 6.96. The summed E-state index contributed by atoms with van der Waals surface area (Å²) in [5.74, 6) is -1.27. The van der Waals surface area contributed by atoms with Crippen molar-refractivity contribution >= 4 is 16.6 Å². The van der Waals surface area contributed by atoms with E-state index in [0.717, 1.165) is 28.5 Å². The summed E-state index contributed by atoms with van der Waals surface area (Å²) in [6, 6.07) is 6.50. The zero-order valence-electron chi connectivity index (χ0n) is 20.9. The van der Waals surface area contributed by atoms with E-state index in [0.29, 0.717) is 31.2 Å². The van der Waals surface area contributed by atoms with Crippen LogP contribution in [0.3, 0.4) is 0 Å². The Morgan fingerprint density at radius 1 is 1.17 bits per heavy atom. The number of likely N-dealkylation sites (N-methyl/N-ethyl adjacent to an activating group) is 1. The van der Waals surface area contributed by atoms with Crippen LogP contribution in [0.5, 0.6) is 0 Å². The molecule has 5 rings (SSSR count). The Labute approximate surface area is 208 Å². The number of anilines is 1. The maximum atomic E-state index is 15.7. The summed E-state index contributed by atoms with van der Waals surface area (Å²) in [5, 5.41) is 11.3. The number of nitrogens with one attached hydrogen (secondary N) is 2. The van der Waals surface area contributed by atoms with Gasteiger partial charge in [-0.15, -0.1) is 0 Å². The second kappa shape index (κ2) is 10.0. The predicted octanol–water partition coefficient (Wildman–Crippen LogP) is 5.24. The van der Waals surface area contributed by atoms with Crippen LogP contribution >= 0.6 is 0 Å². The maximum Gasteiger partial charge on any atom is 0.141 e. The molecule has 3 aromatic rings. The van der Waals surface area contributed by atoms with Gasteiger partial charge in [-0.3, -0.25) is 14.9 Å². The van der Waals surface area contributed by atoms with Gasteiger partial charge in [0.15, 0.2) is 0 Å². The fourth-order valence-electron chi connectivity index (χ4n) is 5.88. The van der Waals surface area contributed by atoms with Gasteiger partial charge < -0.3 is 5.32 Å². The molecule has 0 saturated carbocycles. The highest BCUT2D eigenvalue weighted by Crippen LogP contribution is 2.44. The average molecular weight is 504 g/mol. The topological polar surface area (TPSA) is 47.2 Å². The largest absolute Gasteiger partial charge is 0.380 e. The van der Waals surface area contributed by atoms with Crippen LogP contribution in [0.1, 0.15) is 42.9 Å². The lowest BCUT2D eigenvalue weighted by atomic mass is 9.75. The molecule has 36 heavy (non-hydrogen) atoms. The van der Waals surface area contributed by atoms with Crippen molar-refractivity contribution in [2.45, 2.75) is 51.0 Å². The van der Waals surface area contributed by atoms with Crippen LogP contribution in [-0.4, -0.2) is 71.6 Å². The van der Waals surface area contributed by atoms with Crippen molar-refractivity contribution < 1.29 is 17.6 Å². The first kappa shape index (κ1) is 25.0. The minimum Gasteiger partial charge on any atom is -0.380 e. The molecule has 2 aromatic carbocycles. The minimum absolute atomic E-state index is 0.0338. The summed E-state index contributed by atoms with van der Waals surface area (Å²) in [6.45, 7) is 4.97. The van der Waals surface area contributed by atoms with Gasteiger partial charge >= 0.3 is 0 Å². The average Bonchev–Trinajstić information content (AvgIpc) is 3.28. The first-order valence-electron chi connectivity index (χ1n) is 12.6. The van der Waals surface area contributed by atoms with E-state index in [9.17, 15) is 8.78 Å². The number of nitrogens with zero attached hydrogens (tertiary/aromatic N) is 3. The monoisotopic (exact) mass is 503 g/mol. The van der Waals surface area contributed by atoms with Crippen molar-refractivity contribution in [3.8, 4) is 0 Å². The SMILES string of the molecule is CC(C)C[C@H]1[C@H](c2c(F)cc(NC3CN(CC(F)CF)C3)cc2F)c2ccc3[nH]ncc3c2CN1C. The zero-order valence-corrected chi connectivity index (χ0v) is 20.9. The van der Waals surface area contributed by atoms with Crippen molar-refractivity contribution in [1.29, 1.82) is 0 Å². The molecular weight excluding hydrogens is 470 g/mol. The summed E-state index contributed by atoms with van der Waals surface area (Å²) < 4.78 is 57.1.